The lowest BCUT2D eigenvalue weighted by Gasteiger charge is -2.13. The molecule has 2 heterocycles. The molecule has 1 amide bonds. The number of hydrogen-bond donors (Lipinski definition) is 0. The van der Waals surface area contributed by atoms with Crippen molar-refractivity contribution >= 4 is 28.4 Å². The van der Waals surface area contributed by atoms with Crippen molar-refractivity contribution in [1.29, 1.82) is 0 Å². The van der Waals surface area contributed by atoms with Crippen LogP contribution in [0.4, 0.5) is 9.80 Å². The molecule has 0 unspecified atom stereocenters. The van der Waals surface area contributed by atoms with E-state index in [1.165, 1.54) is 16.2 Å². The van der Waals surface area contributed by atoms with Gasteiger partial charge in [-0.2, -0.15) is 0 Å². The molecule has 2 aromatic rings. The molecular weight excluding hydrogens is 302 g/mol. The summed E-state index contributed by atoms with van der Waals surface area (Å²) in [6.07, 6.45) is -0.424. The molecule has 22 heavy (non-hydrogen) atoms. The predicted octanol–water partition coefficient (Wildman–Crippen LogP) is 3.55. The quantitative estimate of drug-likeness (QED) is 0.809. The van der Waals surface area contributed by atoms with Gasteiger partial charge in [-0.05, 0) is 12.5 Å². The zero-order valence-corrected chi connectivity index (χ0v) is 12.9. The highest BCUT2D eigenvalue weighted by molar-refractivity contribution is 7.15. The number of carbonyl (C=O) groups excluding carboxylic acids is 2. The van der Waals surface area contributed by atoms with Crippen LogP contribution in [0.25, 0.3) is 11.1 Å². The van der Waals surface area contributed by atoms with Gasteiger partial charge in [-0.1, -0.05) is 30.3 Å². The molecule has 0 saturated carbocycles. The molecule has 1 aromatic carbocycles. The van der Waals surface area contributed by atoms with E-state index in [-0.39, 0.29) is 6.61 Å². The molecule has 0 aliphatic carbocycles. The third-order valence-electron chi connectivity index (χ3n) is 3.34. The van der Waals surface area contributed by atoms with E-state index in [2.05, 4.69) is 0 Å². The third kappa shape index (κ3) is 2.57. The lowest BCUT2D eigenvalue weighted by atomic mass is 10.0. The number of anilines is 1. The van der Waals surface area contributed by atoms with Gasteiger partial charge < -0.3 is 9.47 Å². The maximum atomic E-state index is 12.4. The summed E-state index contributed by atoms with van der Waals surface area (Å²) >= 11 is 1.35. The monoisotopic (exact) mass is 317 g/mol. The van der Waals surface area contributed by atoms with Crippen LogP contribution >= 0.6 is 11.3 Å². The van der Waals surface area contributed by atoms with Gasteiger partial charge in [0, 0.05) is 10.9 Å². The molecular formula is C16H15NO4S. The van der Waals surface area contributed by atoms with Crippen molar-refractivity contribution in [2.75, 3.05) is 24.7 Å². The van der Waals surface area contributed by atoms with Gasteiger partial charge in [-0.3, -0.25) is 4.90 Å². The summed E-state index contributed by atoms with van der Waals surface area (Å²) in [6, 6.07) is 9.59. The highest BCUT2D eigenvalue weighted by Crippen LogP contribution is 2.39. The van der Waals surface area contributed by atoms with E-state index in [1.54, 1.807) is 6.92 Å². The Morgan fingerprint density at radius 1 is 1.36 bits per heavy atom. The number of amides is 1. The van der Waals surface area contributed by atoms with E-state index < -0.39 is 12.1 Å². The molecule has 1 aliphatic heterocycles. The SMILES string of the molecule is CCOC(=O)c1c(-c2ccccc2)csc1N1CCOC1=O. The lowest BCUT2D eigenvalue weighted by molar-refractivity contribution is 0.0528. The van der Waals surface area contributed by atoms with Crippen molar-refractivity contribution in [3.05, 3.63) is 41.3 Å². The zero-order chi connectivity index (χ0) is 15.5. The Labute approximate surface area is 132 Å². The maximum absolute atomic E-state index is 12.4. The van der Waals surface area contributed by atoms with Crippen LogP contribution in [0.5, 0.6) is 0 Å². The second-order valence-corrected chi connectivity index (χ2v) is 5.54. The normalized spacial score (nSPS) is 14.0. The van der Waals surface area contributed by atoms with Crippen LogP contribution in [0.3, 0.4) is 0 Å². The number of esters is 1. The largest absolute Gasteiger partial charge is 0.462 e. The lowest BCUT2D eigenvalue weighted by Crippen LogP contribution is -2.24. The molecule has 0 radical (unpaired) electrons. The summed E-state index contributed by atoms with van der Waals surface area (Å²) in [4.78, 5) is 25.7. The van der Waals surface area contributed by atoms with Crippen molar-refractivity contribution in [2.24, 2.45) is 0 Å². The molecule has 0 N–H and O–H groups in total. The number of nitrogens with zero attached hydrogens (tertiary/aromatic N) is 1. The van der Waals surface area contributed by atoms with Crippen LogP contribution in [0.1, 0.15) is 17.3 Å². The van der Waals surface area contributed by atoms with Gasteiger partial charge in [-0.25, -0.2) is 9.59 Å². The number of rotatable bonds is 4. The Kier molecular flexibility index (Phi) is 4.11. The predicted molar refractivity (Wildman–Crippen MR) is 84.4 cm³/mol. The first-order chi connectivity index (χ1) is 10.7. The fraction of sp³-hybridized carbons (Fsp3) is 0.250. The van der Waals surface area contributed by atoms with Crippen molar-refractivity contribution in [3.8, 4) is 11.1 Å². The highest BCUT2D eigenvalue weighted by atomic mass is 32.1. The molecule has 6 heteroatoms. The summed E-state index contributed by atoms with van der Waals surface area (Å²) in [6.45, 7) is 2.82. The molecule has 5 nitrogen and oxygen atoms in total. The molecule has 114 valence electrons. The second kappa shape index (κ2) is 6.19. The van der Waals surface area contributed by atoms with Crippen LogP contribution in [0, 0.1) is 0 Å². The number of cyclic esters (lactones) is 1. The number of thiophene rings is 1. The average Bonchev–Trinajstić information content (AvgIpc) is 3.14. The molecule has 0 atom stereocenters. The minimum absolute atomic E-state index is 0.285. The van der Waals surface area contributed by atoms with Gasteiger partial charge in [0.05, 0.1) is 13.2 Å². The van der Waals surface area contributed by atoms with Crippen LogP contribution in [-0.4, -0.2) is 31.8 Å². The Morgan fingerprint density at radius 2 is 2.14 bits per heavy atom. The fourth-order valence-electron chi connectivity index (χ4n) is 2.35. The fourth-order valence-corrected chi connectivity index (χ4v) is 3.44. The molecule has 1 saturated heterocycles. The summed E-state index contributed by atoms with van der Waals surface area (Å²) in [5.74, 6) is -0.419. The van der Waals surface area contributed by atoms with E-state index in [9.17, 15) is 9.59 Å². The number of hydrogen-bond acceptors (Lipinski definition) is 5. The van der Waals surface area contributed by atoms with E-state index in [1.807, 2.05) is 35.7 Å². The van der Waals surface area contributed by atoms with E-state index >= 15 is 0 Å². The van der Waals surface area contributed by atoms with Gasteiger partial charge >= 0.3 is 12.1 Å². The standard InChI is InChI=1S/C16H15NO4S/c1-2-20-15(18)13-12(11-6-4-3-5-7-11)10-22-14(13)17-8-9-21-16(17)19/h3-7,10H,2,8-9H2,1H3. The topological polar surface area (TPSA) is 55.8 Å². The van der Waals surface area contributed by atoms with Gasteiger partial charge in [0.1, 0.15) is 17.2 Å². The van der Waals surface area contributed by atoms with Crippen molar-refractivity contribution < 1.29 is 19.1 Å². The number of benzene rings is 1. The molecule has 0 bridgehead atoms. The van der Waals surface area contributed by atoms with Gasteiger partial charge in [0.25, 0.3) is 0 Å². The van der Waals surface area contributed by atoms with E-state index in [0.717, 1.165) is 11.1 Å². The van der Waals surface area contributed by atoms with E-state index in [0.29, 0.717) is 23.7 Å². The third-order valence-corrected chi connectivity index (χ3v) is 4.34. The van der Waals surface area contributed by atoms with Crippen LogP contribution < -0.4 is 4.90 Å². The minimum atomic E-state index is -0.424. The van der Waals surface area contributed by atoms with Gasteiger partial charge in [0.2, 0.25) is 0 Å². The van der Waals surface area contributed by atoms with Gasteiger partial charge in [0.15, 0.2) is 0 Å². The Hall–Kier alpha value is -2.34. The second-order valence-electron chi connectivity index (χ2n) is 4.68. The summed E-state index contributed by atoms with van der Waals surface area (Å²) in [7, 11) is 0. The smallest absolute Gasteiger partial charge is 0.415 e. The Bertz CT molecular complexity index is 695. The van der Waals surface area contributed by atoms with Crippen LogP contribution in [0.2, 0.25) is 0 Å². The molecule has 0 spiro atoms. The first-order valence-electron chi connectivity index (χ1n) is 7.00. The Morgan fingerprint density at radius 3 is 2.77 bits per heavy atom. The summed E-state index contributed by atoms with van der Waals surface area (Å²) < 4.78 is 10.1. The van der Waals surface area contributed by atoms with Crippen LogP contribution in [-0.2, 0) is 9.47 Å². The van der Waals surface area contributed by atoms with Crippen LogP contribution in [0.15, 0.2) is 35.7 Å². The summed E-state index contributed by atoms with van der Waals surface area (Å²) in [5.41, 5.74) is 2.12. The van der Waals surface area contributed by atoms with E-state index in [4.69, 9.17) is 9.47 Å². The average molecular weight is 317 g/mol. The number of carbonyl (C=O) groups is 2. The zero-order valence-electron chi connectivity index (χ0n) is 12.1. The van der Waals surface area contributed by atoms with Crippen molar-refractivity contribution in [2.45, 2.75) is 6.92 Å². The van der Waals surface area contributed by atoms with Gasteiger partial charge in [-0.15, -0.1) is 11.3 Å². The maximum Gasteiger partial charge on any atom is 0.415 e. The molecule has 1 fully saturated rings. The first-order valence-corrected chi connectivity index (χ1v) is 7.88. The molecule has 1 aliphatic rings. The number of ether oxygens (including phenoxy) is 2. The minimum Gasteiger partial charge on any atom is -0.462 e. The first kappa shape index (κ1) is 14.6. The highest BCUT2D eigenvalue weighted by Gasteiger charge is 2.31. The Balaban J connectivity index is 2.09. The summed E-state index contributed by atoms with van der Waals surface area (Å²) in [5, 5.41) is 2.46. The molecule has 3 rings (SSSR count). The molecule has 1 aromatic heterocycles. The van der Waals surface area contributed by atoms with Crippen molar-refractivity contribution in [3.63, 3.8) is 0 Å². The van der Waals surface area contributed by atoms with Crippen molar-refractivity contribution in [1.82, 2.24) is 0 Å².